The fourth-order valence-electron chi connectivity index (χ4n) is 1.73. The second-order valence-corrected chi connectivity index (χ2v) is 4.53. The molecule has 0 saturated carbocycles. The predicted molar refractivity (Wildman–Crippen MR) is 57.6 cm³/mol. The molecule has 0 radical (unpaired) electrons. The van der Waals surface area contributed by atoms with Crippen molar-refractivity contribution in [2.75, 3.05) is 6.79 Å². The topological polar surface area (TPSA) is 38.7 Å². The summed E-state index contributed by atoms with van der Waals surface area (Å²) < 4.78 is 10.5. The second kappa shape index (κ2) is 3.29. The number of hydrogen-bond acceptors (Lipinski definition) is 3. The highest BCUT2D eigenvalue weighted by atomic mass is 35.5. The van der Waals surface area contributed by atoms with Crippen LogP contribution in [0.4, 0.5) is 0 Å². The summed E-state index contributed by atoms with van der Waals surface area (Å²) >= 11 is 6.13. The maximum atomic E-state index is 9.97. The first-order valence-corrected chi connectivity index (χ1v) is 5.10. The molecule has 4 heteroatoms. The summed E-state index contributed by atoms with van der Waals surface area (Å²) in [6, 6.07) is 1.78. The van der Waals surface area contributed by atoms with Crippen molar-refractivity contribution >= 4 is 11.6 Å². The number of hydrogen-bond donors (Lipinski definition) is 1. The van der Waals surface area contributed by atoms with Crippen LogP contribution < -0.4 is 9.47 Å². The molecular formula is C11H13ClO3. The number of aliphatic hydroxyl groups is 1. The van der Waals surface area contributed by atoms with Crippen LogP contribution in [0.2, 0.25) is 5.02 Å². The normalized spacial score (nSPS) is 14.5. The van der Waals surface area contributed by atoms with Gasteiger partial charge in [-0.1, -0.05) is 11.6 Å². The van der Waals surface area contributed by atoms with Crippen molar-refractivity contribution in [3.05, 3.63) is 22.2 Å². The first kappa shape index (κ1) is 10.6. The van der Waals surface area contributed by atoms with E-state index in [-0.39, 0.29) is 6.79 Å². The van der Waals surface area contributed by atoms with Gasteiger partial charge in [-0.15, -0.1) is 0 Å². The highest BCUT2D eigenvalue weighted by molar-refractivity contribution is 6.33. The van der Waals surface area contributed by atoms with Crippen molar-refractivity contribution in [3.8, 4) is 11.5 Å². The lowest BCUT2D eigenvalue weighted by atomic mass is 9.93. The Labute approximate surface area is 93.6 Å². The monoisotopic (exact) mass is 228 g/mol. The summed E-state index contributed by atoms with van der Waals surface area (Å²) in [5.41, 5.74) is 0.652. The smallest absolute Gasteiger partial charge is 0.231 e. The molecule has 1 aliphatic heterocycles. The minimum atomic E-state index is -0.936. The van der Waals surface area contributed by atoms with E-state index in [9.17, 15) is 5.11 Å². The molecule has 0 spiro atoms. The van der Waals surface area contributed by atoms with Crippen molar-refractivity contribution in [2.45, 2.75) is 26.4 Å². The van der Waals surface area contributed by atoms with Gasteiger partial charge >= 0.3 is 0 Å². The molecule has 0 aliphatic carbocycles. The lowest BCUT2D eigenvalue weighted by Crippen LogP contribution is -2.17. The molecule has 0 fully saturated rings. The average Bonchev–Trinajstić information content (AvgIpc) is 2.57. The van der Waals surface area contributed by atoms with E-state index in [1.54, 1.807) is 19.9 Å². The molecular weight excluding hydrogens is 216 g/mol. The predicted octanol–water partition coefficient (Wildman–Crippen LogP) is 2.60. The highest BCUT2D eigenvalue weighted by Crippen LogP contribution is 2.44. The number of fused-ring (bicyclic) bond motifs is 1. The lowest BCUT2D eigenvalue weighted by molar-refractivity contribution is 0.0776. The summed E-state index contributed by atoms with van der Waals surface area (Å²) in [5, 5.41) is 10.5. The molecule has 0 unspecified atom stereocenters. The lowest BCUT2D eigenvalue weighted by Gasteiger charge is -2.21. The fraction of sp³-hybridized carbons (Fsp3) is 0.455. The standard InChI is InChI=1S/C11H13ClO3/c1-6-7(11(2,3)13)4-8-10(9(6)12)15-5-14-8/h4,13H,5H2,1-3H3. The molecule has 1 aromatic carbocycles. The zero-order chi connectivity index (χ0) is 11.2. The fourth-order valence-corrected chi connectivity index (χ4v) is 1.98. The zero-order valence-electron chi connectivity index (χ0n) is 8.93. The van der Waals surface area contributed by atoms with Gasteiger partial charge in [-0.05, 0) is 38.0 Å². The van der Waals surface area contributed by atoms with E-state index in [1.807, 2.05) is 6.92 Å². The van der Waals surface area contributed by atoms with Crippen molar-refractivity contribution in [2.24, 2.45) is 0 Å². The molecule has 0 aromatic heterocycles. The Morgan fingerprint density at radius 3 is 2.67 bits per heavy atom. The molecule has 0 saturated heterocycles. The van der Waals surface area contributed by atoms with Gasteiger partial charge in [-0.25, -0.2) is 0 Å². The summed E-state index contributed by atoms with van der Waals surface area (Å²) in [4.78, 5) is 0. The molecule has 2 rings (SSSR count). The van der Waals surface area contributed by atoms with Gasteiger partial charge in [0.15, 0.2) is 11.5 Å². The van der Waals surface area contributed by atoms with Crippen LogP contribution in [0.3, 0.4) is 0 Å². The molecule has 0 bridgehead atoms. The van der Waals surface area contributed by atoms with Crippen LogP contribution in [-0.4, -0.2) is 11.9 Å². The first-order chi connectivity index (χ1) is 6.91. The minimum Gasteiger partial charge on any atom is -0.454 e. The third kappa shape index (κ3) is 1.66. The van der Waals surface area contributed by atoms with E-state index in [2.05, 4.69) is 0 Å². The molecule has 3 nitrogen and oxygen atoms in total. The summed E-state index contributed by atoms with van der Waals surface area (Å²) in [6.45, 7) is 5.48. The summed E-state index contributed by atoms with van der Waals surface area (Å²) in [5.74, 6) is 1.17. The van der Waals surface area contributed by atoms with Crippen LogP contribution in [0.15, 0.2) is 6.07 Å². The van der Waals surface area contributed by atoms with Gasteiger partial charge in [0.25, 0.3) is 0 Å². The Balaban J connectivity index is 2.64. The Hall–Kier alpha value is -0.930. The van der Waals surface area contributed by atoms with Gasteiger partial charge in [0.1, 0.15) is 0 Å². The van der Waals surface area contributed by atoms with Gasteiger partial charge in [0.2, 0.25) is 6.79 Å². The molecule has 82 valence electrons. The molecule has 15 heavy (non-hydrogen) atoms. The molecule has 1 aromatic rings. The van der Waals surface area contributed by atoms with Gasteiger partial charge in [0, 0.05) is 0 Å². The Kier molecular flexibility index (Phi) is 2.32. The van der Waals surface area contributed by atoms with Gasteiger partial charge in [-0.2, -0.15) is 0 Å². The van der Waals surface area contributed by atoms with E-state index in [0.29, 0.717) is 16.5 Å². The summed E-state index contributed by atoms with van der Waals surface area (Å²) in [6.07, 6.45) is 0. The largest absolute Gasteiger partial charge is 0.454 e. The van der Waals surface area contributed by atoms with E-state index >= 15 is 0 Å². The Bertz CT molecular complexity index is 407. The Morgan fingerprint density at radius 1 is 1.40 bits per heavy atom. The van der Waals surface area contributed by atoms with Gasteiger partial charge in [0.05, 0.1) is 10.6 Å². The van der Waals surface area contributed by atoms with Gasteiger partial charge < -0.3 is 14.6 Å². The molecule has 0 amide bonds. The quantitative estimate of drug-likeness (QED) is 0.803. The summed E-state index contributed by atoms with van der Waals surface area (Å²) in [7, 11) is 0. The molecule has 1 heterocycles. The van der Waals surface area contributed by atoms with Crippen LogP contribution in [-0.2, 0) is 5.60 Å². The van der Waals surface area contributed by atoms with Crippen molar-refractivity contribution < 1.29 is 14.6 Å². The average molecular weight is 229 g/mol. The maximum Gasteiger partial charge on any atom is 0.231 e. The number of halogens is 1. The first-order valence-electron chi connectivity index (χ1n) is 4.73. The maximum absolute atomic E-state index is 9.97. The molecule has 1 N–H and O–H groups in total. The third-order valence-electron chi connectivity index (χ3n) is 2.51. The Morgan fingerprint density at radius 2 is 2.07 bits per heavy atom. The van der Waals surface area contributed by atoms with E-state index in [4.69, 9.17) is 21.1 Å². The number of benzene rings is 1. The van der Waals surface area contributed by atoms with Crippen molar-refractivity contribution in [3.63, 3.8) is 0 Å². The van der Waals surface area contributed by atoms with E-state index < -0.39 is 5.60 Å². The van der Waals surface area contributed by atoms with Crippen LogP contribution in [0.1, 0.15) is 25.0 Å². The van der Waals surface area contributed by atoms with Crippen LogP contribution in [0.25, 0.3) is 0 Å². The van der Waals surface area contributed by atoms with Crippen molar-refractivity contribution in [1.29, 1.82) is 0 Å². The minimum absolute atomic E-state index is 0.184. The number of rotatable bonds is 1. The van der Waals surface area contributed by atoms with Crippen LogP contribution >= 0.6 is 11.6 Å². The highest BCUT2D eigenvalue weighted by Gasteiger charge is 2.27. The SMILES string of the molecule is Cc1c(C(C)(C)O)cc2c(c1Cl)OCO2. The van der Waals surface area contributed by atoms with E-state index in [0.717, 1.165) is 11.1 Å². The second-order valence-electron chi connectivity index (χ2n) is 4.16. The van der Waals surface area contributed by atoms with Crippen LogP contribution in [0, 0.1) is 6.92 Å². The van der Waals surface area contributed by atoms with Gasteiger partial charge in [-0.3, -0.25) is 0 Å². The number of ether oxygens (including phenoxy) is 2. The third-order valence-corrected chi connectivity index (χ3v) is 2.96. The molecule has 0 atom stereocenters. The molecule has 1 aliphatic rings. The van der Waals surface area contributed by atoms with Crippen molar-refractivity contribution in [1.82, 2.24) is 0 Å². The van der Waals surface area contributed by atoms with Crippen LogP contribution in [0.5, 0.6) is 11.5 Å². The van der Waals surface area contributed by atoms with E-state index in [1.165, 1.54) is 0 Å². The zero-order valence-corrected chi connectivity index (χ0v) is 9.68.